The van der Waals surface area contributed by atoms with Gasteiger partial charge in [0.15, 0.2) is 0 Å². The van der Waals surface area contributed by atoms with Crippen LogP contribution in [0.25, 0.3) is 11.1 Å². The zero-order valence-electron chi connectivity index (χ0n) is 13.9. The minimum Gasteiger partial charge on any atom is -0.368 e. The summed E-state index contributed by atoms with van der Waals surface area (Å²) in [5, 5.41) is 6.56. The molecule has 3 heterocycles. The summed E-state index contributed by atoms with van der Waals surface area (Å²) in [5.74, 6) is -0.303. The molecule has 0 bridgehead atoms. The molecule has 1 aromatic carbocycles. The number of hydrogen-bond donors (Lipinski definition) is 2. The molecule has 0 radical (unpaired) electrons. The van der Waals surface area contributed by atoms with Crippen molar-refractivity contribution in [2.75, 3.05) is 12.3 Å². The van der Waals surface area contributed by atoms with Gasteiger partial charge in [-0.3, -0.25) is 9.89 Å². The maximum Gasteiger partial charge on any atom is 0.272 e. The van der Waals surface area contributed by atoms with Gasteiger partial charge in [0.05, 0.1) is 11.7 Å². The lowest BCUT2D eigenvalue weighted by Gasteiger charge is -2.25. The molecule has 0 unspecified atom stereocenters. The number of hydrogen-bond acceptors (Lipinski definition) is 5. The zero-order valence-corrected chi connectivity index (χ0v) is 13.9. The first-order chi connectivity index (χ1) is 12.6. The fourth-order valence-corrected chi connectivity index (χ4v) is 3.34. The van der Waals surface area contributed by atoms with Gasteiger partial charge in [-0.25, -0.2) is 14.4 Å². The number of halogens is 1. The van der Waals surface area contributed by atoms with E-state index in [9.17, 15) is 9.18 Å². The van der Waals surface area contributed by atoms with Gasteiger partial charge in [0.1, 0.15) is 11.5 Å². The lowest BCUT2D eigenvalue weighted by molar-refractivity contribution is 0.0727. The van der Waals surface area contributed by atoms with Gasteiger partial charge in [0, 0.05) is 24.5 Å². The predicted molar refractivity (Wildman–Crippen MR) is 93.4 cm³/mol. The summed E-state index contributed by atoms with van der Waals surface area (Å²) < 4.78 is 13.3. The Bertz CT molecular complexity index is 925. The van der Waals surface area contributed by atoms with E-state index in [-0.39, 0.29) is 23.7 Å². The molecule has 1 aliphatic rings. The highest BCUT2D eigenvalue weighted by Gasteiger charge is 2.34. The third kappa shape index (κ3) is 2.90. The van der Waals surface area contributed by atoms with Crippen molar-refractivity contribution >= 4 is 11.9 Å². The highest BCUT2D eigenvalue weighted by Crippen LogP contribution is 2.37. The molecule has 3 aromatic rings. The van der Waals surface area contributed by atoms with Crippen molar-refractivity contribution in [1.82, 2.24) is 25.1 Å². The average molecular weight is 352 g/mol. The van der Waals surface area contributed by atoms with E-state index >= 15 is 0 Å². The van der Waals surface area contributed by atoms with E-state index in [1.807, 2.05) is 0 Å². The minimum atomic E-state index is -0.316. The predicted octanol–water partition coefficient (Wildman–Crippen LogP) is 2.57. The summed E-state index contributed by atoms with van der Waals surface area (Å²) in [6, 6.07) is 7.53. The number of benzene rings is 1. The number of carbonyl (C=O) groups excluding carboxylic acids is 1. The van der Waals surface area contributed by atoms with Crippen LogP contribution in [0.2, 0.25) is 0 Å². The average Bonchev–Trinajstić information content (AvgIpc) is 3.34. The molecule has 8 heteroatoms. The Hall–Kier alpha value is -3.29. The zero-order chi connectivity index (χ0) is 18.1. The SMILES string of the molecule is Nc1ncc(-c2ccc(F)cc2)c([C@H]2CCCN2C(=O)c2ccn[nH]2)n1. The van der Waals surface area contributed by atoms with Crippen LogP contribution in [0, 0.1) is 5.82 Å². The van der Waals surface area contributed by atoms with Crippen LogP contribution in [0.15, 0.2) is 42.7 Å². The highest BCUT2D eigenvalue weighted by molar-refractivity contribution is 5.92. The molecule has 7 nitrogen and oxygen atoms in total. The van der Waals surface area contributed by atoms with Crippen molar-refractivity contribution < 1.29 is 9.18 Å². The summed E-state index contributed by atoms with van der Waals surface area (Å²) >= 11 is 0. The number of rotatable bonds is 3. The third-order valence-electron chi connectivity index (χ3n) is 4.55. The van der Waals surface area contributed by atoms with Crippen LogP contribution in [-0.2, 0) is 0 Å². The van der Waals surface area contributed by atoms with E-state index in [0.29, 0.717) is 17.9 Å². The normalized spacial score (nSPS) is 16.8. The number of carbonyl (C=O) groups is 1. The molecule has 1 saturated heterocycles. The maximum absolute atomic E-state index is 13.3. The van der Waals surface area contributed by atoms with Gasteiger partial charge in [-0.15, -0.1) is 0 Å². The van der Waals surface area contributed by atoms with Gasteiger partial charge < -0.3 is 10.6 Å². The van der Waals surface area contributed by atoms with Gasteiger partial charge in [0.2, 0.25) is 5.95 Å². The molecular weight excluding hydrogens is 335 g/mol. The molecule has 0 aliphatic carbocycles. The van der Waals surface area contributed by atoms with Gasteiger partial charge in [-0.1, -0.05) is 12.1 Å². The van der Waals surface area contributed by atoms with Crippen molar-refractivity contribution in [3.63, 3.8) is 0 Å². The lowest BCUT2D eigenvalue weighted by Crippen LogP contribution is -2.31. The van der Waals surface area contributed by atoms with Crippen LogP contribution >= 0.6 is 0 Å². The fraction of sp³-hybridized carbons (Fsp3) is 0.222. The molecule has 1 amide bonds. The fourth-order valence-electron chi connectivity index (χ4n) is 3.34. The second kappa shape index (κ2) is 6.55. The molecule has 3 N–H and O–H groups in total. The van der Waals surface area contributed by atoms with E-state index < -0.39 is 0 Å². The Morgan fingerprint density at radius 3 is 2.81 bits per heavy atom. The van der Waals surface area contributed by atoms with E-state index in [0.717, 1.165) is 24.0 Å². The van der Waals surface area contributed by atoms with Crippen molar-refractivity contribution in [1.29, 1.82) is 0 Å². The second-order valence-electron chi connectivity index (χ2n) is 6.16. The van der Waals surface area contributed by atoms with Crippen LogP contribution in [0.1, 0.15) is 35.1 Å². The number of amides is 1. The van der Waals surface area contributed by atoms with E-state index in [1.165, 1.54) is 12.1 Å². The Kier molecular flexibility index (Phi) is 4.08. The number of nitrogen functional groups attached to an aromatic ring is 1. The molecule has 26 heavy (non-hydrogen) atoms. The van der Waals surface area contributed by atoms with Crippen molar-refractivity contribution in [3.8, 4) is 11.1 Å². The molecule has 0 spiro atoms. The Labute approximate surface area is 149 Å². The number of nitrogens with two attached hydrogens (primary N) is 1. The smallest absolute Gasteiger partial charge is 0.272 e. The Morgan fingerprint density at radius 1 is 1.27 bits per heavy atom. The monoisotopic (exact) mass is 352 g/mol. The second-order valence-corrected chi connectivity index (χ2v) is 6.16. The number of nitrogens with zero attached hydrogens (tertiary/aromatic N) is 4. The van der Waals surface area contributed by atoms with Crippen LogP contribution in [-0.4, -0.2) is 37.5 Å². The topological polar surface area (TPSA) is 101 Å². The van der Waals surface area contributed by atoms with E-state index in [4.69, 9.17) is 5.73 Å². The third-order valence-corrected chi connectivity index (χ3v) is 4.55. The number of H-pyrrole nitrogens is 1. The summed E-state index contributed by atoms with van der Waals surface area (Å²) in [6.07, 6.45) is 4.80. The van der Waals surface area contributed by atoms with Crippen LogP contribution in [0.5, 0.6) is 0 Å². The van der Waals surface area contributed by atoms with Gasteiger partial charge in [-0.05, 0) is 36.6 Å². The molecule has 132 valence electrons. The quantitative estimate of drug-likeness (QED) is 0.754. The van der Waals surface area contributed by atoms with Crippen LogP contribution in [0.4, 0.5) is 10.3 Å². The Balaban J connectivity index is 1.75. The highest BCUT2D eigenvalue weighted by atomic mass is 19.1. The molecule has 1 aliphatic heterocycles. The number of aromatic nitrogens is 4. The van der Waals surface area contributed by atoms with Crippen LogP contribution in [0.3, 0.4) is 0 Å². The summed E-state index contributed by atoms with van der Waals surface area (Å²) in [5.41, 5.74) is 8.44. The van der Waals surface area contributed by atoms with Crippen molar-refractivity contribution in [2.24, 2.45) is 0 Å². The summed E-state index contributed by atoms with van der Waals surface area (Å²) in [7, 11) is 0. The number of nitrogens with one attached hydrogen (secondary N) is 1. The largest absolute Gasteiger partial charge is 0.368 e. The lowest BCUT2D eigenvalue weighted by atomic mass is 9.99. The standard InChI is InChI=1S/C18H17FN6O/c19-12-5-3-11(4-6-12)13-10-21-18(20)23-16(13)15-2-1-9-25(15)17(26)14-7-8-22-24-14/h3-8,10,15H,1-2,9H2,(H,22,24)(H2,20,21,23)/t15-/m1/s1. The molecule has 2 aromatic heterocycles. The van der Waals surface area contributed by atoms with Crippen molar-refractivity contribution in [3.05, 3.63) is 59.9 Å². The first kappa shape index (κ1) is 16.2. The number of aromatic amines is 1. The summed E-state index contributed by atoms with van der Waals surface area (Å²) in [6.45, 7) is 0.620. The summed E-state index contributed by atoms with van der Waals surface area (Å²) in [4.78, 5) is 23.1. The molecule has 0 saturated carbocycles. The first-order valence-corrected chi connectivity index (χ1v) is 8.32. The molecule has 1 fully saturated rings. The van der Waals surface area contributed by atoms with Crippen molar-refractivity contribution in [2.45, 2.75) is 18.9 Å². The first-order valence-electron chi connectivity index (χ1n) is 8.32. The number of likely N-dealkylation sites (tertiary alicyclic amines) is 1. The maximum atomic E-state index is 13.3. The Morgan fingerprint density at radius 2 is 2.08 bits per heavy atom. The van der Waals surface area contributed by atoms with E-state index in [1.54, 1.807) is 35.5 Å². The molecule has 4 rings (SSSR count). The minimum absolute atomic E-state index is 0.132. The number of anilines is 1. The van der Waals surface area contributed by atoms with Crippen LogP contribution < -0.4 is 5.73 Å². The van der Waals surface area contributed by atoms with E-state index in [2.05, 4.69) is 20.2 Å². The molecule has 1 atom stereocenters. The van der Waals surface area contributed by atoms with Gasteiger partial charge in [0.25, 0.3) is 5.91 Å². The van der Waals surface area contributed by atoms with Gasteiger partial charge in [-0.2, -0.15) is 5.10 Å². The molecular formula is C18H17FN6O. The van der Waals surface area contributed by atoms with Gasteiger partial charge >= 0.3 is 0 Å².